The lowest BCUT2D eigenvalue weighted by atomic mass is 9.80. The van der Waals surface area contributed by atoms with Gasteiger partial charge in [-0.15, -0.1) is 11.3 Å². The Bertz CT molecular complexity index is 1470. The van der Waals surface area contributed by atoms with Crippen LogP contribution in [0.5, 0.6) is 5.75 Å². The van der Waals surface area contributed by atoms with Crippen LogP contribution in [0.3, 0.4) is 0 Å². The molecule has 1 saturated carbocycles. The number of carbonyl (C=O) groups is 1. The number of hydrogen-bond acceptors (Lipinski definition) is 8. The number of nitrogens with zero attached hydrogens (tertiary/aromatic N) is 2. The van der Waals surface area contributed by atoms with Gasteiger partial charge in [-0.3, -0.25) is 18.7 Å². The molecule has 0 N–H and O–H groups in total. The van der Waals surface area contributed by atoms with E-state index in [1.54, 1.807) is 18.6 Å². The summed E-state index contributed by atoms with van der Waals surface area (Å²) >= 11 is 4.95. The molecule has 39 heavy (non-hydrogen) atoms. The molecule has 11 heteroatoms. The van der Waals surface area contributed by atoms with Gasteiger partial charge in [-0.2, -0.15) is 0 Å². The number of aryl methyl sites for hydroxylation is 1. The number of rotatable bonds is 9. The molecule has 5 rings (SSSR count). The minimum atomic E-state index is -0.494. The third kappa shape index (κ3) is 5.46. The summed E-state index contributed by atoms with van der Waals surface area (Å²) < 4.78 is 26.8. The lowest BCUT2D eigenvalue weighted by Gasteiger charge is -2.35. The van der Waals surface area contributed by atoms with Crippen LogP contribution in [0.15, 0.2) is 37.6 Å². The van der Waals surface area contributed by atoms with Crippen LogP contribution in [0.25, 0.3) is 10.2 Å². The van der Waals surface area contributed by atoms with E-state index in [2.05, 4.69) is 15.9 Å². The molecule has 2 fully saturated rings. The lowest BCUT2D eigenvalue weighted by Crippen LogP contribution is -2.47. The first-order chi connectivity index (χ1) is 18.8. The monoisotopic (exact) mass is 620 g/mol. The van der Waals surface area contributed by atoms with Crippen molar-refractivity contribution in [3.05, 3.63) is 60.0 Å². The number of aromatic nitrogens is 2. The Morgan fingerprint density at radius 2 is 1.92 bits per heavy atom. The minimum absolute atomic E-state index is 0.0282. The number of fused-ring (bicyclic) bond motifs is 1. The Labute approximate surface area is 238 Å². The number of carbonyl (C=O) groups excluding carboxylic acids is 1. The summed E-state index contributed by atoms with van der Waals surface area (Å²) in [5, 5.41) is 0.510. The number of hydrogen-bond donors (Lipinski definition) is 0. The summed E-state index contributed by atoms with van der Waals surface area (Å²) in [6.45, 7) is 5.40. The van der Waals surface area contributed by atoms with Gasteiger partial charge in [0.25, 0.3) is 5.56 Å². The highest BCUT2D eigenvalue weighted by atomic mass is 79.9. The Morgan fingerprint density at radius 3 is 2.62 bits per heavy atom. The fourth-order valence-electron chi connectivity index (χ4n) is 5.43. The van der Waals surface area contributed by atoms with Gasteiger partial charge in [0, 0.05) is 24.8 Å². The van der Waals surface area contributed by atoms with Crippen LogP contribution in [0.1, 0.15) is 55.9 Å². The average molecular weight is 622 g/mol. The standard InChI is InChI=1S/C28H33BrN2O7S/c1-4-37-27(33)17-13-18(14-17)31-25(32)23-16(2)24(29)39-26(23)30(28(31)34)15-22(38-19-9-11-36-12-10-19)20-7-5-6-8-21(20)35-3/h5-8,17-19,22H,4,9-15H2,1-3H3. The Hall–Kier alpha value is -2.47. The first-order valence-corrected chi connectivity index (χ1v) is 14.9. The fraction of sp³-hybridized carbons (Fsp3) is 0.536. The van der Waals surface area contributed by atoms with Crippen molar-refractivity contribution in [2.75, 3.05) is 26.9 Å². The summed E-state index contributed by atoms with van der Waals surface area (Å²) in [6, 6.07) is 7.29. The van der Waals surface area contributed by atoms with Crippen LogP contribution in [0, 0.1) is 12.8 Å². The molecule has 9 nitrogen and oxygen atoms in total. The van der Waals surface area contributed by atoms with E-state index in [9.17, 15) is 14.4 Å². The number of ether oxygens (including phenoxy) is 4. The Balaban J connectivity index is 1.59. The third-order valence-corrected chi connectivity index (χ3v) is 9.83. The van der Waals surface area contributed by atoms with E-state index >= 15 is 0 Å². The molecule has 0 spiro atoms. The summed E-state index contributed by atoms with van der Waals surface area (Å²) in [6.07, 6.45) is 1.80. The number of esters is 1. The molecule has 1 unspecified atom stereocenters. The van der Waals surface area contributed by atoms with Gasteiger partial charge in [-0.25, -0.2) is 4.79 Å². The molecule has 1 aromatic carbocycles. The van der Waals surface area contributed by atoms with Crippen LogP contribution in [-0.4, -0.2) is 48.1 Å². The van der Waals surface area contributed by atoms with Gasteiger partial charge >= 0.3 is 11.7 Å². The van der Waals surface area contributed by atoms with Gasteiger partial charge < -0.3 is 18.9 Å². The SMILES string of the molecule is CCOC(=O)C1CC(n2c(=O)c3c(C)c(Br)sc3n(CC(OC3CCOCC3)c3ccccc3OC)c2=O)C1. The molecule has 1 saturated heterocycles. The highest BCUT2D eigenvalue weighted by Gasteiger charge is 2.39. The molecular weight excluding hydrogens is 588 g/mol. The molecular formula is C28H33BrN2O7S. The molecule has 2 aromatic heterocycles. The molecule has 0 radical (unpaired) electrons. The van der Waals surface area contributed by atoms with Crippen molar-refractivity contribution in [3.8, 4) is 5.75 Å². The van der Waals surface area contributed by atoms with E-state index in [1.807, 2.05) is 31.2 Å². The maximum Gasteiger partial charge on any atom is 0.332 e. The van der Waals surface area contributed by atoms with Crippen molar-refractivity contribution in [2.24, 2.45) is 5.92 Å². The van der Waals surface area contributed by atoms with E-state index < -0.39 is 11.8 Å². The van der Waals surface area contributed by atoms with Crippen LogP contribution >= 0.6 is 27.3 Å². The molecule has 3 heterocycles. The Kier molecular flexibility index (Phi) is 8.60. The van der Waals surface area contributed by atoms with E-state index in [-0.39, 0.29) is 36.1 Å². The molecule has 1 atom stereocenters. The van der Waals surface area contributed by atoms with E-state index in [0.717, 1.165) is 27.8 Å². The first kappa shape index (κ1) is 28.1. The summed E-state index contributed by atoms with van der Waals surface area (Å²) in [5.41, 5.74) is 0.909. The summed E-state index contributed by atoms with van der Waals surface area (Å²) in [4.78, 5) is 40.6. The topological polar surface area (TPSA) is 98.0 Å². The van der Waals surface area contributed by atoms with Gasteiger partial charge in [0.1, 0.15) is 16.7 Å². The number of benzene rings is 1. The molecule has 2 aliphatic rings. The van der Waals surface area contributed by atoms with Gasteiger partial charge in [-0.05, 0) is 67.1 Å². The van der Waals surface area contributed by atoms with Crippen molar-refractivity contribution >= 4 is 43.5 Å². The predicted molar refractivity (Wildman–Crippen MR) is 152 cm³/mol. The zero-order valence-corrected chi connectivity index (χ0v) is 24.7. The third-order valence-electron chi connectivity index (χ3n) is 7.64. The zero-order valence-electron chi connectivity index (χ0n) is 22.3. The van der Waals surface area contributed by atoms with Gasteiger partial charge in [0.15, 0.2) is 0 Å². The highest BCUT2D eigenvalue weighted by molar-refractivity contribution is 9.11. The van der Waals surface area contributed by atoms with Gasteiger partial charge in [-0.1, -0.05) is 18.2 Å². The lowest BCUT2D eigenvalue weighted by molar-refractivity contribution is -0.152. The second-order valence-electron chi connectivity index (χ2n) is 10.0. The van der Waals surface area contributed by atoms with Crippen LogP contribution in [-0.2, 0) is 25.5 Å². The van der Waals surface area contributed by atoms with Crippen molar-refractivity contribution in [1.29, 1.82) is 0 Å². The molecule has 1 aliphatic carbocycles. The maximum absolute atomic E-state index is 14.1. The van der Waals surface area contributed by atoms with E-state index in [4.69, 9.17) is 18.9 Å². The minimum Gasteiger partial charge on any atom is -0.496 e. The maximum atomic E-state index is 14.1. The van der Waals surface area contributed by atoms with E-state index in [1.165, 1.54) is 15.9 Å². The van der Waals surface area contributed by atoms with Crippen molar-refractivity contribution in [1.82, 2.24) is 9.13 Å². The first-order valence-electron chi connectivity index (χ1n) is 13.3. The molecule has 1 aliphatic heterocycles. The quantitative estimate of drug-likeness (QED) is 0.318. The second kappa shape index (κ2) is 12.0. The fourth-order valence-corrected chi connectivity index (χ4v) is 7.12. The highest BCUT2D eigenvalue weighted by Crippen LogP contribution is 2.39. The summed E-state index contributed by atoms with van der Waals surface area (Å²) in [5.74, 6) is 0.0876. The van der Waals surface area contributed by atoms with Crippen LogP contribution in [0.2, 0.25) is 0 Å². The van der Waals surface area contributed by atoms with Gasteiger partial charge in [0.05, 0.1) is 41.5 Å². The number of halogens is 1. The largest absolute Gasteiger partial charge is 0.496 e. The smallest absolute Gasteiger partial charge is 0.332 e. The molecule has 210 valence electrons. The normalized spacial score (nSPS) is 20.5. The van der Waals surface area contributed by atoms with Crippen LogP contribution < -0.4 is 16.0 Å². The average Bonchev–Trinajstić information content (AvgIpc) is 3.21. The predicted octanol–water partition coefficient (Wildman–Crippen LogP) is 4.76. The van der Waals surface area contributed by atoms with Gasteiger partial charge in [0.2, 0.25) is 0 Å². The van der Waals surface area contributed by atoms with Crippen molar-refractivity contribution in [2.45, 2.75) is 64.3 Å². The van der Waals surface area contributed by atoms with E-state index in [0.29, 0.717) is 48.6 Å². The molecule has 0 amide bonds. The number of thiophene rings is 1. The van der Waals surface area contributed by atoms with Crippen molar-refractivity contribution < 1.29 is 23.7 Å². The Morgan fingerprint density at radius 1 is 1.21 bits per heavy atom. The van der Waals surface area contributed by atoms with Crippen molar-refractivity contribution in [3.63, 3.8) is 0 Å². The summed E-state index contributed by atoms with van der Waals surface area (Å²) in [7, 11) is 1.62. The zero-order chi connectivity index (χ0) is 27.7. The second-order valence-corrected chi connectivity index (χ2v) is 12.3. The van der Waals surface area contributed by atoms with Crippen LogP contribution in [0.4, 0.5) is 0 Å². The number of para-hydroxylation sites is 1. The molecule has 0 bridgehead atoms. The molecule has 3 aromatic rings. The number of methoxy groups -OCH3 is 1.